The molecule has 0 bridgehead atoms. The van der Waals surface area contributed by atoms with E-state index in [9.17, 15) is 4.79 Å². The highest BCUT2D eigenvalue weighted by Gasteiger charge is 2.28. The molecule has 4 heteroatoms. The number of hydrogen-bond acceptors (Lipinski definition) is 3. The minimum atomic E-state index is -0.538. The van der Waals surface area contributed by atoms with Gasteiger partial charge < -0.3 is 9.64 Å². The summed E-state index contributed by atoms with van der Waals surface area (Å²) in [5.41, 5.74) is 2.32. The summed E-state index contributed by atoms with van der Waals surface area (Å²) >= 11 is 0. The van der Waals surface area contributed by atoms with Gasteiger partial charge in [-0.05, 0) is 37.3 Å². The van der Waals surface area contributed by atoms with Gasteiger partial charge in [-0.25, -0.2) is 0 Å². The first-order valence-corrected chi connectivity index (χ1v) is 6.75. The summed E-state index contributed by atoms with van der Waals surface area (Å²) in [6, 6.07) is 16.7. The van der Waals surface area contributed by atoms with Gasteiger partial charge in [-0.1, -0.05) is 18.2 Å². The predicted molar refractivity (Wildman–Crippen MR) is 78.9 cm³/mol. The van der Waals surface area contributed by atoms with E-state index in [-0.39, 0.29) is 5.91 Å². The van der Waals surface area contributed by atoms with E-state index in [4.69, 9.17) is 10.00 Å². The Hall–Kier alpha value is -2.80. The maximum Gasteiger partial charge on any atom is 0.268 e. The third-order valence-corrected chi connectivity index (χ3v) is 3.53. The second-order valence-electron chi connectivity index (χ2n) is 4.95. The Balaban J connectivity index is 2.00. The van der Waals surface area contributed by atoms with Crippen molar-refractivity contribution in [2.75, 3.05) is 4.90 Å². The molecule has 1 amide bonds. The standard InChI is InChI=1S/C17H14N2O2/c1-12-17(20)19(15-8-6-13(10-18)7-9-15)11-14-4-2-3-5-16(14)21-12/h2-9,12H,11H2,1H3/t12-/m1/s1. The van der Waals surface area contributed by atoms with Gasteiger partial charge in [0.1, 0.15) is 5.75 Å². The Labute approximate surface area is 123 Å². The topological polar surface area (TPSA) is 53.3 Å². The lowest BCUT2D eigenvalue weighted by molar-refractivity contribution is -0.124. The predicted octanol–water partition coefficient (Wildman–Crippen LogP) is 2.87. The van der Waals surface area contributed by atoms with Gasteiger partial charge in [-0.2, -0.15) is 5.26 Å². The van der Waals surface area contributed by atoms with Gasteiger partial charge in [0.2, 0.25) is 0 Å². The Morgan fingerprint density at radius 3 is 2.62 bits per heavy atom. The zero-order valence-corrected chi connectivity index (χ0v) is 11.6. The number of nitriles is 1. The summed E-state index contributed by atoms with van der Waals surface area (Å²) in [5.74, 6) is 0.658. The van der Waals surface area contributed by atoms with Crippen LogP contribution in [-0.2, 0) is 11.3 Å². The highest BCUT2D eigenvalue weighted by Crippen LogP contribution is 2.28. The molecule has 0 aromatic heterocycles. The van der Waals surface area contributed by atoms with Crippen LogP contribution in [0.1, 0.15) is 18.1 Å². The largest absolute Gasteiger partial charge is 0.481 e. The van der Waals surface area contributed by atoms with Crippen LogP contribution in [0.25, 0.3) is 0 Å². The first kappa shape index (κ1) is 13.2. The number of rotatable bonds is 1. The van der Waals surface area contributed by atoms with Crippen LogP contribution in [0, 0.1) is 11.3 Å². The molecule has 0 saturated heterocycles. The van der Waals surface area contributed by atoms with Gasteiger partial charge in [0, 0.05) is 11.3 Å². The van der Waals surface area contributed by atoms with Crippen molar-refractivity contribution in [2.24, 2.45) is 0 Å². The first-order valence-electron chi connectivity index (χ1n) is 6.75. The molecular formula is C17H14N2O2. The van der Waals surface area contributed by atoms with E-state index >= 15 is 0 Å². The molecule has 1 aliphatic rings. The molecule has 21 heavy (non-hydrogen) atoms. The van der Waals surface area contributed by atoms with Gasteiger partial charge in [-0.3, -0.25) is 4.79 Å². The smallest absolute Gasteiger partial charge is 0.268 e. The third kappa shape index (κ3) is 2.46. The van der Waals surface area contributed by atoms with Crippen LogP contribution in [0.15, 0.2) is 48.5 Å². The number of amides is 1. The van der Waals surface area contributed by atoms with E-state index in [1.54, 1.807) is 36.1 Å². The SMILES string of the molecule is C[C@H]1Oc2ccccc2CN(c2ccc(C#N)cc2)C1=O. The number of nitrogens with zero attached hydrogens (tertiary/aromatic N) is 2. The fourth-order valence-corrected chi connectivity index (χ4v) is 2.39. The first-order chi connectivity index (χ1) is 10.2. The molecule has 0 aliphatic carbocycles. The lowest BCUT2D eigenvalue weighted by atomic mass is 10.1. The van der Waals surface area contributed by atoms with Gasteiger partial charge in [-0.15, -0.1) is 0 Å². The van der Waals surface area contributed by atoms with E-state index in [1.807, 2.05) is 24.3 Å². The molecule has 4 nitrogen and oxygen atoms in total. The minimum absolute atomic E-state index is 0.0871. The van der Waals surface area contributed by atoms with Gasteiger partial charge in [0.05, 0.1) is 18.2 Å². The number of benzene rings is 2. The average Bonchev–Trinajstić information content (AvgIpc) is 2.65. The van der Waals surface area contributed by atoms with Crippen molar-refractivity contribution in [1.29, 1.82) is 5.26 Å². The van der Waals surface area contributed by atoms with Crippen molar-refractivity contribution in [3.8, 4) is 11.8 Å². The third-order valence-electron chi connectivity index (χ3n) is 3.53. The zero-order valence-electron chi connectivity index (χ0n) is 11.6. The van der Waals surface area contributed by atoms with Crippen LogP contribution in [0.3, 0.4) is 0 Å². The van der Waals surface area contributed by atoms with Gasteiger partial charge in [0.25, 0.3) is 5.91 Å². The number of para-hydroxylation sites is 1. The molecular weight excluding hydrogens is 264 g/mol. The highest BCUT2D eigenvalue weighted by atomic mass is 16.5. The summed E-state index contributed by atoms with van der Waals surface area (Å²) < 4.78 is 5.72. The number of hydrogen-bond donors (Lipinski definition) is 0. The Kier molecular flexibility index (Phi) is 3.33. The molecule has 104 valence electrons. The summed E-state index contributed by atoms with van der Waals surface area (Å²) in [4.78, 5) is 14.2. The van der Waals surface area contributed by atoms with Crippen LogP contribution in [-0.4, -0.2) is 12.0 Å². The van der Waals surface area contributed by atoms with Crippen molar-refractivity contribution in [3.05, 3.63) is 59.7 Å². The molecule has 0 spiro atoms. The van der Waals surface area contributed by atoms with E-state index in [2.05, 4.69) is 6.07 Å². The molecule has 0 saturated carbocycles. The Morgan fingerprint density at radius 1 is 1.19 bits per heavy atom. The molecule has 3 rings (SSSR count). The fourth-order valence-electron chi connectivity index (χ4n) is 2.39. The molecule has 1 aliphatic heterocycles. The normalized spacial score (nSPS) is 17.4. The number of carbonyl (C=O) groups excluding carboxylic acids is 1. The number of carbonyl (C=O) groups is 1. The second-order valence-corrected chi connectivity index (χ2v) is 4.95. The van der Waals surface area contributed by atoms with Crippen LogP contribution in [0.4, 0.5) is 5.69 Å². The van der Waals surface area contributed by atoms with Crippen LogP contribution < -0.4 is 9.64 Å². The van der Waals surface area contributed by atoms with Crippen molar-refractivity contribution < 1.29 is 9.53 Å². The van der Waals surface area contributed by atoms with Crippen molar-refractivity contribution in [2.45, 2.75) is 19.6 Å². The van der Waals surface area contributed by atoms with Crippen molar-refractivity contribution in [3.63, 3.8) is 0 Å². The summed E-state index contributed by atoms with van der Waals surface area (Å²) in [6.07, 6.45) is -0.538. The number of ether oxygens (including phenoxy) is 1. The number of anilines is 1. The van der Waals surface area contributed by atoms with Gasteiger partial charge in [0.15, 0.2) is 6.10 Å². The van der Waals surface area contributed by atoms with Gasteiger partial charge >= 0.3 is 0 Å². The van der Waals surface area contributed by atoms with Crippen molar-refractivity contribution in [1.82, 2.24) is 0 Å². The van der Waals surface area contributed by atoms with E-state index in [0.29, 0.717) is 12.1 Å². The Morgan fingerprint density at radius 2 is 1.90 bits per heavy atom. The molecule has 1 atom stereocenters. The van der Waals surface area contributed by atoms with Crippen LogP contribution in [0.2, 0.25) is 0 Å². The second kappa shape index (κ2) is 5.29. The van der Waals surface area contributed by atoms with Crippen LogP contribution >= 0.6 is 0 Å². The highest BCUT2D eigenvalue weighted by molar-refractivity contribution is 5.97. The fraction of sp³-hybridized carbons (Fsp3) is 0.176. The number of fused-ring (bicyclic) bond motifs is 1. The van der Waals surface area contributed by atoms with Crippen molar-refractivity contribution >= 4 is 11.6 Å². The summed E-state index contributed by atoms with van der Waals surface area (Å²) in [6.45, 7) is 2.21. The van der Waals surface area contributed by atoms with Crippen LogP contribution in [0.5, 0.6) is 5.75 Å². The molecule has 0 fully saturated rings. The monoisotopic (exact) mass is 278 g/mol. The summed E-state index contributed by atoms with van der Waals surface area (Å²) in [5, 5.41) is 8.86. The van der Waals surface area contributed by atoms with E-state index in [0.717, 1.165) is 17.0 Å². The maximum absolute atomic E-state index is 12.5. The lowest BCUT2D eigenvalue weighted by Crippen LogP contribution is -2.37. The molecule has 0 unspecified atom stereocenters. The molecule has 1 heterocycles. The zero-order chi connectivity index (χ0) is 14.8. The molecule has 2 aromatic rings. The Bertz CT molecular complexity index is 716. The quantitative estimate of drug-likeness (QED) is 0.806. The van der Waals surface area contributed by atoms with E-state index in [1.165, 1.54) is 0 Å². The average molecular weight is 278 g/mol. The minimum Gasteiger partial charge on any atom is -0.481 e. The molecule has 0 N–H and O–H groups in total. The summed E-state index contributed by atoms with van der Waals surface area (Å²) in [7, 11) is 0. The lowest BCUT2D eigenvalue weighted by Gasteiger charge is -2.22. The maximum atomic E-state index is 12.5. The van der Waals surface area contributed by atoms with E-state index < -0.39 is 6.10 Å². The molecule has 0 radical (unpaired) electrons. The molecule has 2 aromatic carbocycles.